The molecule has 0 spiro atoms. The highest BCUT2D eigenvalue weighted by Gasteiger charge is 2.27. The zero-order valence-corrected chi connectivity index (χ0v) is 10.3. The number of alkyl halides is 2. The summed E-state index contributed by atoms with van der Waals surface area (Å²) in [6.07, 6.45) is 0. The lowest BCUT2D eigenvalue weighted by atomic mass is 10.1. The number of rotatable bonds is 3. The molecule has 0 aromatic heterocycles. The minimum Gasteiger partial charge on any atom is -0.432 e. The van der Waals surface area contributed by atoms with Gasteiger partial charge in [-0.15, -0.1) is 11.8 Å². The third kappa shape index (κ3) is 2.97. The van der Waals surface area contributed by atoms with Crippen LogP contribution in [0.3, 0.4) is 0 Å². The number of hydrogen-bond donors (Lipinski definition) is 1. The van der Waals surface area contributed by atoms with Crippen LogP contribution in [0.2, 0.25) is 0 Å². The predicted octanol–water partition coefficient (Wildman–Crippen LogP) is 2.60. The number of ether oxygens (including phenoxy) is 1. The Bertz CT molecular complexity index is 491. The Morgan fingerprint density at radius 3 is 2.72 bits per heavy atom. The first-order valence-corrected chi connectivity index (χ1v) is 6.12. The minimum atomic E-state index is -3.04. The number of aliphatic imine (C=N–C) groups is 1. The average molecular weight is 276 g/mol. The summed E-state index contributed by atoms with van der Waals surface area (Å²) in [4.78, 5) is 3.51. The molecule has 7 heteroatoms. The van der Waals surface area contributed by atoms with Crippen molar-refractivity contribution in [1.29, 1.82) is 0 Å². The van der Waals surface area contributed by atoms with Gasteiger partial charge in [-0.05, 0) is 30.7 Å². The smallest absolute Gasteiger partial charge is 0.387 e. The zero-order chi connectivity index (χ0) is 13.3. The summed E-state index contributed by atoms with van der Waals surface area (Å²) in [5, 5.41) is 0. The first-order valence-electron chi connectivity index (χ1n) is 5.14. The molecule has 2 rings (SSSR count). The third-order valence-corrected chi connectivity index (χ3v) is 3.43. The molecule has 0 fully saturated rings. The molecule has 0 amide bonds. The summed E-state index contributed by atoms with van der Waals surface area (Å²) in [5.41, 5.74) is 6.97. The number of hydrogen-bond acceptors (Lipinski definition) is 4. The van der Waals surface area contributed by atoms with Gasteiger partial charge in [-0.3, -0.25) is 10.7 Å². The first-order chi connectivity index (χ1) is 8.37. The fraction of sp³-hybridized carbons (Fsp3) is 0.364. The maximum atomic E-state index is 13.5. The van der Waals surface area contributed by atoms with E-state index in [0.29, 0.717) is 17.0 Å². The Hall–Kier alpha value is -1.21. The molecule has 1 aromatic carbocycles. The highest BCUT2D eigenvalue weighted by molar-refractivity contribution is 8.01. The molecule has 1 aliphatic heterocycles. The zero-order valence-electron chi connectivity index (χ0n) is 9.49. The van der Waals surface area contributed by atoms with E-state index in [1.807, 2.05) is 0 Å². The lowest BCUT2D eigenvalue weighted by molar-refractivity contribution is -0.0521. The van der Waals surface area contributed by atoms with E-state index in [-0.39, 0.29) is 0 Å². The second-order valence-electron chi connectivity index (χ2n) is 3.93. The maximum Gasteiger partial charge on any atom is 0.387 e. The molecule has 1 heterocycles. The Morgan fingerprint density at radius 2 is 2.22 bits per heavy atom. The van der Waals surface area contributed by atoms with Crippen LogP contribution < -0.4 is 10.5 Å². The molecule has 1 aromatic rings. The summed E-state index contributed by atoms with van der Waals surface area (Å²) in [5.74, 6) is -0.761. The fourth-order valence-electron chi connectivity index (χ4n) is 1.57. The fourth-order valence-corrected chi connectivity index (χ4v) is 2.40. The van der Waals surface area contributed by atoms with Crippen molar-refractivity contribution in [3.05, 3.63) is 29.6 Å². The Morgan fingerprint density at radius 1 is 1.50 bits per heavy atom. The van der Waals surface area contributed by atoms with Crippen LogP contribution in [0.25, 0.3) is 0 Å². The van der Waals surface area contributed by atoms with Crippen molar-refractivity contribution in [3.63, 3.8) is 0 Å². The van der Waals surface area contributed by atoms with Crippen molar-refractivity contribution in [2.45, 2.75) is 18.5 Å². The van der Waals surface area contributed by atoms with Crippen molar-refractivity contribution in [2.24, 2.45) is 10.7 Å². The second kappa shape index (κ2) is 4.81. The number of nitrogens with two attached hydrogens (primary N) is 1. The Kier molecular flexibility index (Phi) is 3.54. The van der Waals surface area contributed by atoms with Gasteiger partial charge in [0.2, 0.25) is 0 Å². The van der Waals surface area contributed by atoms with Gasteiger partial charge in [0.1, 0.15) is 0 Å². The van der Waals surface area contributed by atoms with Crippen molar-refractivity contribution < 1.29 is 17.9 Å². The van der Waals surface area contributed by atoms with E-state index in [4.69, 9.17) is 5.73 Å². The van der Waals surface area contributed by atoms with Gasteiger partial charge in [0.05, 0.1) is 5.71 Å². The molecule has 98 valence electrons. The van der Waals surface area contributed by atoms with Crippen LogP contribution in [-0.4, -0.2) is 23.1 Å². The maximum absolute atomic E-state index is 13.5. The van der Waals surface area contributed by atoms with Crippen molar-refractivity contribution >= 4 is 17.5 Å². The van der Waals surface area contributed by atoms with Crippen LogP contribution in [0.1, 0.15) is 12.5 Å². The largest absolute Gasteiger partial charge is 0.432 e. The molecule has 0 bridgehead atoms. The molecule has 1 unspecified atom stereocenters. The van der Waals surface area contributed by atoms with Crippen LogP contribution in [-0.2, 0) is 0 Å². The Labute approximate surface area is 106 Å². The molecule has 0 saturated heterocycles. The van der Waals surface area contributed by atoms with Crippen LogP contribution >= 0.6 is 11.8 Å². The highest BCUT2D eigenvalue weighted by atomic mass is 32.2. The lowest BCUT2D eigenvalue weighted by Gasteiger charge is -2.10. The lowest BCUT2D eigenvalue weighted by Crippen LogP contribution is -2.26. The second-order valence-corrected chi connectivity index (χ2v) is 5.33. The van der Waals surface area contributed by atoms with E-state index in [1.165, 1.54) is 17.8 Å². The number of thioether (sulfide) groups is 1. The van der Waals surface area contributed by atoms with Gasteiger partial charge in [-0.1, -0.05) is 0 Å². The number of benzene rings is 1. The van der Waals surface area contributed by atoms with Crippen LogP contribution in [0.5, 0.6) is 5.75 Å². The highest BCUT2D eigenvalue weighted by Crippen LogP contribution is 2.30. The van der Waals surface area contributed by atoms with Crippen LogP contribution in [0, 0.1) is 5.82 Å². The van der Waals surface area contributed by atoms with Gasteiger partial charge in [-0.2, -0.15) is 8.78 Å². The van der Waals surface area contributed by atoms with Gasteiger partial charge < -0.3 is 4.74 Å². The van der Waals surface area contributed by atoms with E-state index >= 15 is 0 Å². The summed E-state index contributed by atoms with van der Waals surface area (Å²) < 4.78 is 41.5. The Balaban J connectivity index is 2.25. The SMILES string of the molecule is CC1(N)N=C(c2ccc(OC(F)F)c(F)c2)CS1. The van der Waals surface area contributed by atoms with Crippen molar-refractivity contribution in [3.8, 4) is 5.75 Å². The molecule has 0 saturated carbocycles. The monoisotopic (exact) mass is 276 g/mol. The van der Waals surface area contributed by atoms with Gasteiger partial charge in [-0.25, -0.2) is 4.39 Å². The normalized spacial score (nSPS) is 23.3. The van der Waals surface area contributed by atoms with Gasteiger partial charge in [0.15, 0.2) is 16.6 Å². The molecular formula is C11H11F3N2OS. The quantitative estimate of drug-likeness (QED) is 0.923. The molecule has 0 aliphatic carbocycles. The third-order valence-electron chi connectivity index (χ3n) is 2.34. The summed E-state index contributed by atoms with van der Waals surface area (Å²) >= 11 is 1.42. The number of nitrogens with zero attached hydrogens (tertiary/aromatic N) is 1. The van der Waals surface area contributed by atoms with E-state index < -0.39 is 23.2 Å². The standard InChI is InChI=1S/C11H11F3N2OS/c1-11(15)16-8(5-18-11)6-2-3-9(7(12)4-6)17-10(13)14/h2-4,10H,5,15H2,1H3. The molecule has 3 nitrogen and oxygen atoms in total. The van der Waals surface area contributed by atoms with Crippen molar-refractivity contribution in [1.82, 2.24) is 0 Å². The van der Waals surface area contributed by atoms with E-state index in [1.54, 1.807) is 6.92 Å². The molecule has 2 N–H and O–H groups in total. The van der Waals surface area contributed by atoms with E-state index in [0.717, 1.165) is 12.1 Å². The van der Waals surface area contributed by atoms with E-state index in [2.05, 4.69) is 9.73 Å². The topological polar surface area (TPSA) is 47.6 Å². The number of halogens is 3. The minimum absolute atomic E-state index is 0.476. The van der Waals surface area contributed by atoms with Gasteiger partial charge in [0, 0.05) is 5.75 Å². The molecule has 1 atom stereocenters. The van der Waals surface area contributed by atoms with Crippen molar-refractivity contribution in [2.75, 3.05) is 5.75 Å². The van der Waals surface area contributed by atoms with E-state index in [9.17, 15) is 13.2 Å². The first kappa shape index (κ1) is 13.2. The molecule has 1 aliphatic rings. The summed E-state index contributed by atoms with van der Waals surface area (Å²) in [6, 6.07) is 3.77. The molecule has 0 radical (unpaired) electrons. The molecular weight excluding hydrogens is 265 g/mol. The van der Waals surface area contributed by atoms with Gasteiger partial charge >= 0.3 is 6.61 Å². The summed E-state index contributed by atoms with van der Waals surface area (Å²) in [6.45, 7) is -1.30. The van der Waals surface area contributed by atoms with Gasteiger partial charge in [0.25, 0.3) is 0 Å². The van der Waals surface area contributed by atoms with Crippen LogP contribution in [0.15, 0.2) is 23.2 Å². The molecule has 18 heavy (non-hydrogen) atoms. The predicted molar refractivity (Wildman–Crippen MR) is 64.6 cm³/mol. The summed E-state index contributed by atoms with van der Waals surface area (Å²) in [7, 11) is 0. The van der Waals surface area contributed by atoms with Crippen LogP contribution in [0.4, 0.5) is 13.2 Å². The average Bonchev–Trinajstić information content (AvgIpc) is 2.61.